The van der Waals surface area contributed by atoms with Crippen LogP contribution in [-0.4, -0.2) is 41.7 Å². The van der Waals surface area contributed by atoms with E-state index in [1.165, 1.54) is 0 Å². The Bertz CT molecular complexity index is 244. The summed E-state index contributed by atoms with van der Waals surface area (Å²) in [4.78, 5) is 13.7. The Morgan fingerprint density at radius 3 is 2.82 bits per heavy atom. The van der Waals surface area contributed by atoms with Crippen LogP contribution in [0.3, 0.4) is 0 Å². The third-order valence-corrected chi connectivity index (χ3v) is 3.59. The van der Waals surface area contributed by atoms with E-state index >= 15 is 0 Å². The summed E-state index contributed by atoms with van der Waals surface area (Å²) in [5, 5.41) is 9.18. The molecule has 1 aliphatic carbocycles. The Kier molecular flexibility index (Phi) is 5.92. The lowest BCUT2D eigenvalue weighted by Gasteiger charge is -2.28. The van der Waals surface area contributed by atoms with Gasteiger partial charge in [-0.3, -0.25) is 4.79 Å². The van der Waals surface area contributed by atoms with Crippen LogP contribution in [0.4, 0.5) is 0 Å². The fourth-order valence-corrected chi connectivity index (χ4v) is 2.43. The molecule has 3 unspecified atom stereocenters. The van der Waals surface area contributed by atoms with Gasteiger partial charge in [0, 0.05) is 26.1 Å². The van der Waals surface area contributed by atoms with E-state index in [9.17, 15) is 9.90 Å². The van der Waals surface area contributed by atoms with Gasteiger partial charge >= 0.3 is 0 Å². The molecule has 0 aromatic carbocycles. The Balaban J connectivity index is 2.27. The second-order valence-electron chi connectivity index (χ2n) is 5.45. The molecule has 1 aliphatic rings. The number of carbonyl (C=O) groups is 1. The van der Waals surface area contributed by atoms with E-state index in [0.29, 0.717) is 25.3 Å². The maximum absolute atomic E-state index is 11.9. The summed E-state index contributed by atoms with van der Waals surface area (Å²) >= 11 is 0. The molecule has 0 aliphatic heterocycles. The quantitative estimate of drug-likeness (QED) is 0.759. The van der Waals surface area contributed by atoms with E-state index in [1.807, 2.05) is 7.05 Å². The van der Waals surface area contributed by atoms with Gasteiger partial charge in [-0.2, -0.15) is 0 Å². The van der Waals surface area contributed by atoms with Gasteiger partial charge < -0.3 is 15.7 Å². The molecular weight excluding hydrogens is 216 g/mol. The number of amides is 1. The number of aliphatic hydroxyl groups excluding tert-OH is 1. The van der Waals surface area contributed by atoms with Crippen LogP contribution in [0.25, 0.3) is 0 Å². The molecule has 17 heavy (non-hydrogen) atoms. The highest BCUT2D eigenvalue weighted by atomic mass is 16.3. The molecule has 4 heteroatoms. The van der Waals surface area contributed by atoms with Gasteiger partial charge in [0.2, 0.25) is 5.91 Å². The Labute approximate surface area is 104 Å². The van der Waals surface area contributed by atoms with Crippen molar-refractivity contribution >= 4 is 5.91 Å². The molecule has 1 saturated carbocycles. The maximum Gasteiger partial charge on any atom is 0.222 e. The number of nitrogens with two attached hydrogens (primary N) is 1. The smallest absolute Gasteiger partial charge is 0.222 e. The highest BCUT2D eigenvalue weighted by molar-refractivity contribution is 5.76. The molecule has 0 radical (unpaired) electrons. The molecule has 0 spiro atoms. The fourth-order valence-electron chi connectivity index (χ4n) is 2.43. The molecule has 0 aromatic rings. The van der Waals surface area contributed by atoms with Gasteiger partial charge in [-0.1, -0.05) is 6.42 Å². The first kappa shape index (κ1) is 14.5. The van der Waals surface area contributed by atoms with Gasteiger partial charge in [0.1, 0.15) is 0 Å². The van der Waals surface area contributed by atoms with Gasteiger partial charge in [0.25, 0.3) is 0 Å². The van der Waals surface area contributed by atoms with Crippen LogP contribution in [0.2, 0.25) is 0 Å². The van der Waals surface area contributed by atoms with Crippen molar-refractivity contribution in [1.82, 2.24) is 4.90 Å². The summed E-state index contributed by atoms with van der Waals surface area (Å²) in [6.45, 7) is 2.38. The van der Waals surface area contributed by atoms with Crippen LogP contribution in [0.5, 0.6) is 0 Å². The van der Waals surface area contributed by atoms with Crippen LogP contribution >= 0.6 is 0 Å². The third kappa shape index (κ3) is 5.50. The lowest BCUT2D eigenvalue weighted by molar-refractivity contribution is -0.131. The standard InChI is InChI=1S/C13H26N2O2/c1-10(16)6-7-15(2)13(17)9-11-4-3-5-12(14)8-11/h10-12,16H,3-9,14H2,1-2H3. The van der Waals surface area contributed by atoms with Crippen molar-refractivity contribution in [3.8, 4) is 0 Å². The number of hydrogen-bond donors (Lipinski definition) is 2. The summed E-state index contributed by atoms with van der Waals surface area (Å²) in [5.41, 5.74) is 5.92. The van der Waals surface area contributed by atoms with Gasteiger partial charge in [-0.05, 0) is 38.5 Å². The Morgan fingerprint density at radius 2 is 2.24 bits per heavy atom. The maximum atomic E-state index is 11.9. The molecule has 1 amide bonds. The second kappa shape index (κ2) is 6.97. The minimum absolute atomic E-state index is 0.185. The van der Waals surface area contributed by atoms with Crippen molar-refractivity contribution in [2.45, 2.75) is 57.6 Å². The monoisotopic (exact) mass is 242 g/mol. The van der Waals surface area contributed by atoms with Gasteiger partial charge in [-0.25, -0.2) is 0 Å². The van der Waals surface area contributed by atoms with Crippen LogP contribution in [0.15, 0.2) is 0 Å². The number of aliphatic hydroxyl groups is 1. The van der Waals surface area contributed by atoms with Crippen LogP contribution < -0.4 is 5.73 Å². The first-order valence-corrected chi connectivity index (χ1v) is 6.66. The molecule has 3 atom stereocenters. The summed E-state index contributed by atoms with van der Waals surface area (Å²) < 4.78 is 0. The van der Waals surface area contributed by atoms with Crippen molar-refractivity contribution in [3.63, 3.8) is 0 Å². The molecular formula is C13H26N2O2. The molecule has 0 bridgehead atoms. The zero-order chi connectivity index (χ0) is 12.8. The molecule has 0 heterocycles. The van der Waals surface area contributed by atoms with Gasteiger partial charge in [0.15, 0.2) is 0 Å². The fraction of sp³-hybridized carbons (Fsp3) is 0.923. The van der Waals surface area contributed by atoms with Crippen molar-refractivity contribution in [2.75, 3.05) is 13.6 Å². The van der Waals surface area contributed by atoms with Crippen molar-refractivity contribution < 1.29 is 9.90 Å². The van der Waals surface area contributed by atoms with Crippen LogP contribution in [0.1, 0.15) is 45.4 Å². The van der Waals surface area contributed by atoms with Gasteiger partial charge in [0.05, 0.1) is 6.10 Å². The normalized spacial score (nSPS) is 26.6. The summed E-state index contributed by atoms with van der Waals surface area (Å²) in [5.74, 6) is 0.644. The molecule has 0 saturated heterocycles. The lowest BCUT2D eigenvalue weighted by atomic mass is 9.84. The predicted molar refractivity (Wildman–Crippen MR) is 68.5 cm³/mol. The topological polar surface area (TPSA) is 66.6 Å². The average Bonchev–Trinajstić information content (AvgIpc) is 2.25. The highest BCUT2D eigenvalue weighted by Crippen LogP contribution is 2.26. The minimum atomic E-state index is -0.339. The summed E-state index contributed by atoms with van der Waals surface area (Å²) in [6.07, 6.45) is 5.28. The van der Waals surface area contributed by atoms with E-state index < -0.39 is 0 Å². The van der Waals surface area contributed by atoms with E-state index in [4.69, 9.17) is 5.73 Å². The first-order valence-electron chi connectivity index (χ1n) is 6.66. The van der Waals surface area contributed by atoms with Crippen molar-refractivity contribution in [3.05, 3.63) is 0 Å². The number of hydrogen-bond acceptors (Lipinski definition) is 3. The number of rotatable bonds is 5. The Morgan fingerprint density at radius 1 is 1.53 bits per heavy atom. The van der Waals surface area contributed by atoms with Crippen LogP contribution in [-0.2, 0) is 4.79 Å². The van der Waals surface area contributed by atoms with E-state index in [0.717, 1.165) is 25.7 Å². The van der Waals surface area contributed by atoms with E-state index in [-0.39, 0.29) is 18.1 Å². The second-order valence-corrected chi connectivity index (χ2v) is 5.45. The highest BCUT2D eigenvalue weighted by Gasteiger charge is 2.22. The molecule has 100 valence electrons. The molecule has 0 aromatic heterocycles. The summed E-state index contributed by atoms with van der Waals surface area (Å²) in [6, 6.07) is 0.282. The molecule has 3 N–H and O–H groups in total. The summed E-state index contributed by atoms with van der Waals surface area (Å²) in [7, 11) is 1.81. The van der Waals surface area contributed by atoms with Crippen molar-refractivity contribution in [2.24, 2.45) is 11.7 Å². The largest absolute Gasteiger partial charge is 0.393 e. The lowest BCUT2D eigenvalue weighted by Crippen LogP contribution is -2.34. The van der Waals surface area contributed by atoms with E-state index in [1.54, 1.807) is 11.8 Å². The minimum Gasteiger partial charge on any atom is -0.393 e. The zero-order valence-electron chi connectivity index (χ0n) is 11.1. The zero-order valence-corrected chi connectivity index (χ0v) is 11.1. The van der Waals surface area contributed by atoms with Crippen LogP contribution in [0, 0.1) is 5.92 Å². The first-order chi connectivity index (χ1) is 7.99. The predicted octanol–water partition coefficient (Wildman–Crippen LogP) is 1.12. The van der Waals surface area contributed by atoms with E-state index in [2.05, 4.69) is 0 Å². The Hall–Kier alpha value is -0.610. The molecule has 1 rings (SSSR count). The van der Waals surface area contributed by atoms with Gasteiger partial charge in [-0.15, -0.1) is 0 Å². The van der Waals surface area contributed by atoms with Crippen molar-refractivity contribution in [1.29, 1.82) is 0 Å². The third-order valence-electron chi connectivity index (χ3n) is 3.59. The number of nitrogens with zero attached hydrogens (tertiary/aromatic N) is 1. The molecule has 4 nitrogen and oxygen atoms in total. The average molecular weight is 242 g/mol. The molecule has 1 fully saturated rings. The number of carbonyl (C=O) groups excluding carboxylic acids is 1. The SMILES string of the molecule is CC(O)CCN(C)C(=O)CC1CCCC(N)C1.